The standard InChI is InChI=1S/C18H15Cl2N3OS/c1-11-2-4-12(5-3-11)8-16-17(24)22-18(25-16)23-21-10-13-6-7-14(19)9-15(13)20/h2-7,9-10,16H,8H2,1H3,(H,22,23,24). The molecule has 2 aromatic carbocycles. The molecule has 0 spiro atoms. The van der Waals surface area contributed by atoms with Crippen LogP contribution in [0, 0.1) is 6.92 Å². The summed E-state index contributed by atoms with van der Waals surface area (Å²) in [7, 11) is 0. The maximum atomic E-state index is 12.1. The van der Waals surface area contributed by atoms with Crippen LogP contribution in [0.5, 0.6) is 0 Å². The topological polar surface area (TPSA) is 53.8 Å². The normalized spacial score (nSPS) is 18.9. The van der Waals surface area contributed by atoms with Crippen LogP contribution in [0.25, 0.3) is 0 Å². The monoisotopic (exact) mass is 391 g/mol. The van der Waals surface area contributed by atoms with Crippen LogP contribution in [0.3, 0.4) is 0 Å². The minimum absolute atomic E-state index is 0.0518. The predicted molar refractivity (Wildman–Crippen MR) is 106 cm³/mol. The van der Waals surface area contributed by atoms with E-state index < -0.39 is 0 Å². The molecular weight excluding hydrogens is 377 g/mol. The smallest absolute Gasteiger partial charge is 0.239 e. The van der Waals surface area contributed by atoms with Gasteiger partial charge in [0.15, 0.2) is 5.17 Å². The molecule has 1 saturated heterocycles. The number of carbonyl (C=O) groups is 1. The van der Waals surface area contributed by atoms with Crippen LogP contribution in [-0.2, 0) is 11.2 Å². The lowest BCUT2D eigenvalue weighted by Gasteiger charge is -2.05. The summed E-state index contributed by atoms with van der Waals surface area (Å²) in [6.45, 7) is 2.04. The third kappa shape index (κ3) is 4.84. The van der Waals surface area contributed by atoms with Gasteiger partial charge in [0, 0.05) is 10.6 Å². The molecule has 2 aromatic rings. The molecule has 0 saturated carbocycles. The lowest BCUT2D eigenvalue weighted by molar-refractivity contribution is -0.118. The van der Waals surface area contributed by atoms with E-state index in [-0.39, 0.29) is 11.2 Å². The first-order valence-electron chi connectivity index (χ1n) is 7.60. The van der Waals surface area contributed by atoms with Crippen LogP contribution in [0.4, 0.5) is 0 Å². The van der Waals surface area contributed by atoms with E-state index in [2.05, 4.69) is 15.5 Å². The summed E-state index contributed by atoms with van der Waals surface area (Å²) in [6.07, 6.45) is 2.19. The van der Waals surface area contributed by atoms with E-state index in [9.17, 15) is 4.79 Å². The molecule has 25 heavy (non-hydrogen) atoms. The fraction of sp³-hybridized carbons (Fsp3) is 0.167. The second kappa shape index (κ2) is 8.04. The van der Waals surface area contributed by atoms with Gasteiger partial charge < -0.3 is 5.32 Å². The van der Waals surface area contributed by atoms with Crippen LogP contribution in [0.1, 0.15) is 16.7 Å². The summed E-state index contributed by atoms with van der Waals surface area (Å²) < 4.78 is 0. The van der Waals surface area contributed by atoms with Gasteiger partial charge in [0.25, 0.3) is 0 Å². The van der Waals surface area contributed by atoms with Gasteiger partial charge >= 0.3 is 0 Å². The molecule has 1 unspecified atom stereocenters. The minimum atomic E-state index is -0.198. The van der Waals surface area contributed by atoms with Crippen molar-refractivity contribution in [2.24, 2.45) is 10.2 Å². The fourth-order valence-electron chi connectivity index (χ4n) is 2.27. The second-order valence-corrected chi connectivity index (χ2v) is 7.64. The van der Waals surface area contributed by atoms with Crippen molar-refractivity contribution >= 4 is 52.3 Å². The number of halogens is 2. The molecule has 1 fully saturated rings. The zero-order chi connectivity index (χ0) is 17.8. The molecule has 0 bridgehead atoms. The summed E-state index contributed by atoms with van der Waals surface area (Å²) in [5.74, 6) is -0.0518. The molecule has 0 aliphatic carbocycles. The molecule has 128 valence electrons. The van der Waals surface area contributed by atoms with Crippen molar-refractivity contribution in [2.75, 3.05) is 0 Å². The molecule has 0 aromatic heterocycles. The Morgan fingerprint density at radius 1 is 1.20 bits per heavy atom. The van der Waals surface area contributed by atoms with Gasteiger partial charge in [0.2, 0.25) is 5.91 Å². The van der Waals surface area contributed by atoms with E-state index in [0.29, 0.717) is 27.2 Å². The maximum absolute atomic E-state index is 12.1. The molecular formula is C18H15Cl2N3OS. The molecule has 1 amide bonds. The zero-order valence-corrected chi connectivity index (χ0v) is 15.7. The number of aryl methyl sites for hydroxylation is 1. The van der Waals surface area contributed by atoms with Crippen molar-refractivity contribution in [1.82, 2.24) is 5.32 Å². The SMILES string of the molecule is Cc1ccc(CC2SC(=NN=Cc3ccc(Cl)cc3Cl)NC2=O)cc1. The Morgan fingerprint density at radius 3 is 2.68 bits per heavy atom. The number of hydrogen-bond donors (Lipinski definition) is 1. The molecule has 1 N–H and O–H groups in total. The van der Waals surface area contributed by atoms with Crippen LogP contribution in [-0.4, -0.2) is 22.5 Å². The third-order valence-electron chi connectivity index (χ3n) is 3.63. The minimum Gasteiger partial charge on any atom is -0.303 e. The summed E-state index contributed by atoms with van der Waals surface area (Å²) >= 11 is 13.3. The van der Waals surface area contributed by atoms with Gasteiger partial charge in [0.05, 0.1) is 16.5 Å². The molecule has 1 aliphatic rings. The van der Waals surface area contributed by atoms with Crippen LogP contribution in [0.15, 0.2) is 52.7 Å². The van der Waals surface area contributed by atoms with Gasteiger partial charge in [-0.25, -0.2) is 0 Å². The van der Waals surface area contributed by atoms with Crippen molar-refractivity contribution in [2.45, 2.75) is 18.6 Å². The summed E-state index contributed by atoms with van der Waals surface area (Å²) in [5.41, 5.74) is 3.03. The molecule has 7 heteroatoms. The molecule has 3 rings (SSSR count). The van der Waals surface area contributed by atoms with Crippen molar-refractivity contribution in [1.29, 1.82) is 0 Å². The lowest BCUT2D eigenvalue weighted by Crippen LogP contribution is -2.25. The van der Waals surface area contributed by atoms with Crippen LogP contribution >= 0.6 is 35.0 Å². The van der Waals surface area contributed by atoms with Gasteiger partial charge in [0.1, 0.15) is 0 Å². The summed E-state index contributed by atoms with van der Waals surface area (Å²) in [5, 5.41) is 12.2. The zero-order valence-electron chi connectivity index (χ0n) is 13.4. The Hall–Kier alpha value is -1.82. The van der Waals surface area contributed by atoms with Gasteiger partial charge in [-0.3, -0.25) is 4.79 Å². The van der Waals surface area contributed by atoms with Crippen molar-refractivity contribution < 1.29 is 4.79 Å². The predicted octanol–water partition coefficient (Wildman–Crippen LogP) is 4.47. The highest BCUT2D eigenvalue weighted by molar-refractivity contribution is 8.15. The number of carbonyl (C=O) groups excluding carboxylic acids is 1. The first-order valence-corrected chi connectivity index (χ1v) is 9.24. The Kier molecular flexibility index (Phi) is 5.78. The number of amides is 1. The Balaban J connectivity index is 1.64. The molecule has 1 atom stereocenters. The average molecular weight is 392 g/mol. The van der Waals surface area contributed by atoms with E-state index in [1.54, 1.807) is 18.2 Å². The Morgan fingerprint density at radius 2 is 1.96 bits per heavy atom. The third-order valence-corrected chi connectivity index (χ3v) is 5.26. The van der Waals surface area contributed by atoms with Gasteiger partial charge in [-0.2, -0.15) is 5.10 Å². The van der Waals surface area contributed by atoms with Crippen molar-refractivity contribution in [3.63, 3.8) is 0 Å². The molecule has 0 radical (unpaired) electrons. The Labute approximate surface area is 160 Å². The van der Waals surface area contributed by atoms with E-state index in [0.717, 1.165) is 5.56 Å². The number of thioether (sulfide) groups is 1. The summed E-state index contributed by atoms with van der Waals surface area (Å²) in [6, 6.07) is 13.3. The molecule has 1 aliphatic heterocycles. The highest BCUT2D eigenvalue weighted by Crippen LogP contribution is 2.24. The van der Waals surface area contributed by atoms with Crippen molar-refractivity contribution in [3.8, 4) is 0 Å². The summed E-state index contributed by atoms with van der Waals surface area (Å²) in [4.78, 5) is 12.1. The van der Waals surface area contributed by atoms with Gasteiger partial charge in [-0.1, -0.05) is 70.9 Å². The highest BCUT2D eigenvalue weighted by Gasteiger charge is 2.30. The Bertz CT molecular complexity index is 850. The first-order chi connectivity index (χ1) is 12.0. The van der Waals surface area contributed by atoms with Crippen LogP contribution in [0.2, 0.25) is 10.0 Å². The second-order valence-electron chi connectivity index (χ2n) is 5.60. The van der Waals surface area contributed by atoms with E-state index in [4.69, 9.17) is 23.2 Å². The average Bonchev–Trinajstić information content (AvgIpc) is 2.91. The fourth-order valence-corrected chi connectivity index (χ4v) is 3.70. The van der Waals surface area contributed by atoms with E-state index in [1.165, 1.54) is 23.5 Å². The largest absolute Gasteiger partial charge is 0.303 e. The number of nitrogens with zero attached hydrogens (tertiary/aromatic N) is 2. The quantitative estimate of drug-likeness (QED) is 0.617. The number of rotatable bonds is 4. The number of amidine groups is 1. The lowest BCUT2D eigenvalue weighted by atomic mass is 10.1. The molecule has 4 nitrogen and oxygen atoms in total. The van der Waals surface area contributed by atoms with Gasteiger partial charge in [-0.15, -0.1) is 5.10 Å². The van der Waals surface area contributed by atoms with E-state index in [1.807, 2.05) is 31.2 Å². The number of benzene rings is 2. The first kappa shape index (κ1) is 18.0. The number of hydrogen-bond acceptors (Lipinski definition) is 4. The van der Waals surface area contributed by atoms with Crippen LogP contribution < -0.4 is 5.32 Å². The highest BCUT2D eigenvalue weighted by atomic mass is 35.5. The maximum Gasteiger partial charge on any atom is 0.239 e. The van der Waals surface area contributed by atoms with E-state index >= 15 is 0 Å². The number of nitrogens with one attached hydrogen (secondary N) is 1. The van der Waals surface area contributed by atoms with Gasteiger partial charge in [-0.05, 0) is 31.0 Å². The molecule has 1 heterocycles. The van der Waals surface area contributed by atoms with Crippen molar-refractivity contribution in [3.05, 3.63) is 69.2 Å².